The number of imidazole rings is 1. The molecule has 0 aliphatic carbocycles. The van der Waals surface area contributed by atoms with Gasteiger partial charge in [-0.25, -0.2) is 14.4 Å². The van der Waals surface area contributed by atoms with Gasteiger partial charge in [0.1, 0.15) is 5.52 Å². The normalized spacial score (nSPS) is 11.4. The van der Waals surface area contributed by atoms with Crippen molar-refractivity contribution in [2.45, 2.75) is 0 Å². The Bertz CT molecular complexity index is 1020. The van der Waals surface area contributed by atoms with Crippen molar-refractivity contribution in [3.05, 3.63) is 40.9 Å². The van der Waals surface area contributed by atoms with E-state index in [4.69, 9.17) is 0 Å². The van der Waals surface area contributed by atoms with Gasteiger partial charge >= 0.3 is 0 Å². The summed E-state index contributed by atoms with van der Waals surface area (Å²) in [4.78, 5) is 28.6. The molecule has 3 heterocycles. The maximum atomic E-state index is 12.6. The molecule has 20 heavy (non-hydrogen) atoms. The minimum atomic E-state index is -0.169. The third-order valence-electron chi connectivity index (χ3n) is 3.27. The Hall–Kier alpha value is -2.96. The van der Waals surface area contributed by atoms with Crippen LogP contribution in [0.1, 0.15) is 0 Å². The lowest BCUT2D eigenvalue weighted by Gasteiger charge is -2.06. The molecule has 7 heteroatoms. The van der Waals surface area contributed by atoms with Gasteiger partial charge in [-0.1, -0.05) is 12.1 Å². The molecule has 0 unspecified atom stereocenters. The van der Waals surface area contributed by atoms with Crippen molar-refractivity contribution < 1.29 is 0 Å². The summed E-state index contributed by atoms with van der Waals surface area (Å²) in [5, 5.41) is 3.53. The average molecular weight is 266 g/mol. The first-order valence-corrected chi connectivity index (χ1v) is 6.12. The average Bonchev–Trinajstić information content (AvgIpc) is 2.95. The van der Waals surface area contributed by atoms with Crippen LogP contribution in [0.4, 0.5) is 5.82 Å². The smallest absolute Gasteiger partial charge is 0.268 e. The fraction of sp³-hybridized carbons (Fsp3) is 0.0769. The van der Waals surface area contributed by atoms with Crippen LogP contribution in [0, 0.1) is 0 Å². The van der Waals surface area contributed by atoms with Gasteiger partial charge in [-0.2, -0.15) is 4.98 Å². The minimum absolute atomic E-state index is 0.169. The van der Waals surface area contributed by atoms with Crippen molar-refractivity contribution in [3.8, 4) is 0 Å². The van der Waals surface area contributed by atoms with Crippen molar-refractivity contribution in [3.63, 3.8) is 0 Å². The molecule has 4 aromatic rings. The Balaban J connectivity index is 2.35. The first-order valence-electron chi connectivity index (χ1n) is 6.12. The van der Waals surface area contributed by atoms with Gasteiger partial charge < -0.3 is 10.3 Å². The lowest BCUT2D eigenvalue weighted by atomic mass is 10.2. The van der Waals surface area contributed by atoms with Crippen LogP contribution in [0.3, 0.4) is 0 Å². The van der Waals surface area contributed by atoms with Crippen LogP contribution in [0.15, 0.2) is 35.4 Å². The summed E-state index contributed by atoms with van der Waals surface area (Å²) < 4.78 is 1.43. The van der Waals surface area contributed by atoms with Crippen LogP contribution in [0.25, 0.3) is 27.8 Å². The SMILES string of the molecule is CNc1nc2nc3ccccc3c(=O)n2c2nc[nH]c12. The molecule has 0 aliphatic rings. The fourth-order valence-electron chi connectivity index (χ4n) is 2.35. The fourth-order valence-corrected chi connectivity index (χ4v) is 2.35. The first-order chi connectivity index (χ1) is 9.79. The predicted octanol–water partition coefficient (Wildman–Crippen LogP) is 1.16. The quantitative estimate of drug-likeness (QED) is 0.505. The van der Waals surface area contributed by atoms with Gasteiger partial charge in [0, 0.05) is 7.05 Å². The highest BCUT2D eigenvalue weighted by atomic mass is 16.1. The summed E-state index contributed by atoms with van der Waals surface area (Å²) in [7, 11) is 1.76. The van der Waals surface area contributed by atoms with Crippen LogP contribution < -0.4 is 10.9 Å². The standard InChI is InChI=1S/C13H10N6O/c1-14-10-9-11(16-6-15-9)19-12(20)7-4-2-3-5-8(7)17-13(19)18-10/h2-6H,1H3,(H,15,16)(H,14,17,18). The van der Waals surface area contributed by atoms with E-state index in [2.05, 4.69) is 25.3 Å². The maximum absolute atomic E-state index is 12.6. The molecule has 0 atom stereocenters. The second kappa shape index (κ2) is 3.77. The number of H-pyrrole nitrogens is 1. The van der Waals surface area contributed by atoms with Crippen molar-refractivity contribution in [1.29, 1.82) is 0 Å². The van der Waals surface area contributed by atoms with E-state index < -0.39 is 0 Å². The molecule has 0 saturated heterocycles. The van der Waals surface area contributed by atoms with E-state index in [0.717, 1.165) is 0 Å². The van der Waals surface area contributed by atoms with Gasteiger partial charge in [0.05, 0.1) is 17.2 Å². The molecule has 1 aromatic carbocycles. The highest BCUT2D eigenvalue weighted by Gasteiger charge is 2.13. The number of aromatic nitrogens is 5. The van der Waals surface area contributed by atoms with E-state index in [1.54, 1.807) is 19.2 Å². The number of nitrogens with zero attached hydrogens (tertiary/aromatic N) is 4. The first kappa shape index (κ1) is 10.9. The molecule has 7 nitrogen and oxygen atoms in total. The van der Waals surface area contributed by atoms with Crippen molar-refractivity contribution >= 4 is 33.7 Å². The van der Waals surface area contributed by atoms with Gasteiger partial charge in [0.25, 0.3) is 5.56 Å². The van der Waals surface area contributed by atoms with Gasteiger partial charge in [-0.15, -0.1) is 0 Å². The molecule has 0 amide bonds. The van der Waals surface area contributed by atoms with Crippen molar-refractivity contribution in [2.24, 2.45) is 0 Å². The number of rotatable bonds is 1. The van der Waals surface area contributed by atoms with Gasteiger partial charge in [0.2, 0.25) is 5.78 Å². The Morgan fingerprint density at radius 3 is 2.95 bits per heavy atom. The Kier molecular flexibility index (Phi) is 2.06. The van der Waals surface area contributed by atoms with E-state index >= 15 is 0 Å². The zero-order valence-electron chi connectivity index (χ0n) is 10.6. The van der Waals surface area contributed by atoms with E-state index in [-0.39, 0.29) is 5.56 Å². The molecule has 0 spiro atoms. The summed E-state index contributed by atoms with van der Waals surface area (Å²) >= 11 is 0. The number of benzene rings is 1. The van der Waals surface area contributed by atoms with E-state index in [9.17, 15) is 4.79 Å². The lowest BCUT2D eigenvalue weighted by molar-refractivity contribution is 1.05. The molecule has 3 aromatic heterocycles. The number of fused-ring (bicyclic) bond motifs is 4. The largest absolute Gasteiger partial charge is 0.371 e. The van der Waals surface area contributed by atoms with Crippen molar-refractivity contribution in [1.82, 2.24) is 24.3 Å². The Morgan fingerprint density at radius 1 is 1.25 bits per heavy atom. The minimum Gasteiger partial charge on any atom is -0.371 e. The number of hydrogen-bond donors (Lipinski definition) is 2. The zero-order chi connectivity index (χ0) is 13.7. The van der Waals surface area contributed by atoms with Gasteiger partial charge in [0.15, 0.2) is 11.5 Å². The van der Waals surface area contributed by atoms with Crippen LogP contribution in [-0.2, 0) is 0 Å². The van der Waals surface area contributed by atoms with Gasteiger partial charge in [-0.05, 0) is 12.1 Å². The third kappa shape index (κ3) is 1.28. The van der Waals surface area contributed by atoms with E-state index in [0.29, 0.717) is 33.7 Å². The summed E-state index contributed by atoms with van der Waals surface area (Å²) in [6, 6.07) is 7.21. The molecule has 0 aliphatic heterocycles. The highest BCUT2D eigenvalue weighted by Crippen LogP contribution is 2.18. The number of anilines is 1. The summed E-state index contributed by atoms with van der Waals surface area (Å²) in [6.07, 6.45) is 1.54. The number of nitrogens with one attached hydrogen (secondary N) is 2. The summed E-state index contributed by atoms with van der Waals surface area (Å²) in [5.41, 5.74) is 1.65. The Morgan fingerprint density at radius 2 is 2.10 bits per heavy atom. The predicted molar refractivity (Wildman–Crippen MR) is 76.0 cm³/mol. The monoisotopic (exact) mass is 266 g/mol. The molecule has 98 valence electrons. The van der Waals surface area contributed by atoms with Crippen molar-refractivity contribution in [2.75, 3.05) is 12.4 Å². The molecule has 0 radical (unpaired) electrons. The van der Waals surface area contributed by atoms with E-state index in [1.807, 2.05) is 12.1 Å². The molecule has 2 N–H and O–H groups in total. The number of aromatic amines is 1. The molecule has 0 saturated carbocycles. The summed E-state index contributed by atoms with van der Waals surface area (Å²) in [6.45, 7) is 0. The van der Waals surface area contributed by atoms with Crippen LogP contribution in [0.2, 0.25) is 0 Å². The molecular formula is C13H10N6O. The number of hydrogen-bond acceptors (Lipinski definition) is 5. The highest BCUT2D eigenvalue weighted by molar-refractivity contribution is 5.87. The molecule has 0 bridgehead atoms. The molecule has 4 rings (SSSR count). The summed E-state index contributed by atoms with van der Waals surface area (Å²) in [5.74, 6) is 0.942. The Labute approximate surface area is 112 Å². The lowest BCUT2D eigenvalue weighted by Crippen LogP contribution is -2.18. The molecule has 0 fully saturated rings. The zero-order valence-corrected chi connectivity index (χ0v) is 10.6. The molecular weight excluding hydrogens is 256 g/mol. The van der Waals surface area contributed by atoms with Crippen LogP contribution in [0.5, 0.6) is 0 Å². The van der Waals surface area contributed by atoms with Crippen LogP contribution >= 0.6 is 0 Å². The van der Waals surface area contributed by atoms with Crippen LogP contribution in [-0.4, -0.2) is 31.4 Å². The van der Waals surface area contributed by atoms with Gasteiger partial charge in [-0.3, -0.25) is 4.79 Å². The number of para-hydroxylation sites is 1. The second-order valence-corrected chi connectivity index (χ2v) is 4.38. The third-order valence-corrected chi connectivity index (χ3v) is 3.27. The maximum Gasteiger partial charge on any atom is 0.268 e. The topological polar surface area (TPSA) is 88.0 Å². The van der Waals surface area contributed by atoms with E-state index in [1.165, 1.54) is 10.7 Å². The second-order valence-electron chi connectivity index (χ2n) is 4.38.